The second kappa shape index (κ2) is 10.7. The van der Waals surface area contributed by atoms with Crippen LogP contribution in [0.15, 0.2) is 42.5 Å². The lowest BCUT2D eigenvalue weighted by molar-refractivity contribution is -0.138. The van der Waals surface area contributed by atoms with Crippen LogP contribution in [-0.4, -0.2) is 48.6 Å². The fraction of sp³-hybridized carbons (Fsp3) is 0.500. The number of nitrogens with one attached hydrogen (secondary N) is 1. The number of allylic oxidation sites excluding steroid dienone is 1. The highest BCUT2D eigenvalue weighted by molar-refractivity contribution is 5.83. The Hall–Kier alpha value is -2.14. The zero-order valence-electron chi connectivity index (χ0n) is 15.5. The van der Waals surface area contributed by atoms with Crippen LogP contribution in [0.2, 0.25) is 0 Å². The Morgan fingerprint density at radius 1 is 1.24 bits per heavy atom. The molecule has 138 valence electrons. The maximum absolute atomic E-state index is 12.4. The van der Waals surface area contributed by atoms with Gasteiger partial charge in [-0.05, 0) is 38.3 Å². The molecule has 1 aromatic carbocycles. The van der Waals surface area contributed by atoms with E-state index in [1.165, 1.54) is 0 Å². The van der Waals surface area contributed by atoms with Crippen LogP contribution in [-0.2, 0) is 16.0 Å². The molecule has 0 spiro atoms. The summed E-state index contributed by atoms with van der Waals surface area (Å²) >= 11 is 0. The SMILES string of the molecule is C=C(C)CC(C)CN(C)CC(Cc1ccccc1)C(=O)NCC(=O)O. The van der Waals surface area contributed by atoms with Gasteiger partial charge in [0.2, 0.25) is 5.91 Å². The van der Waals surface area contributed by atoms with E-state index in [1.807, 2.05) is 44.3 Å². The minimum atomic E-state index is -1.03. The monoisotopic (exact) mass is 346 g/mol. The topological polar surface area (TPSA) is 69.6 Å². The lowest BCUT2D eigenvalue weighted by Gasteiger charge is -2.26. The van der Waals surface area contributed by atoms with E-state index in [0.29, 0.717) is 18.9 Å². The van der Waals surface area contributed by atoms with Crippen molar-refractivity contribution in [2.45, 2.75) is 26.7 Å². The quantitative estimate of drug-likeness (QED) is 0.604. The van der Waals surface area contributed by atoms with Crippen LogP contribution in [0.1, 0.15) is 25.8 Å². The first-order chi connectivity index (χ1) is 11.8. The molecule has 5 heteroatoms. The number of aliphatic carboxylic acids is 1. The van der Waals surface area contributed by atoms with Crippen molar-refractivity contribution in [1.82, 2.24) is 10.2 Å². The third-order valence-electron chi connectivity index (χ3n) is 3.96. The van der Waals surface area contributed by atoms with Gasteiger partial charge in [-0.15, -0.1) is 6.58 Å². The highest BCUT2D eigenvalue weighted by atomic mass is 16.4. The highest BCUT2D eigenvalue weighted by Crippen LogP contribution is 2.14. The highest BCUT2D eigenvalue weighted by Gasteiger charge is 2.22. The van der Waals surface area contributed by atoms with Crippen LogP contribution in [0.4, 0.5) is 0 Å². The maximum atomic E-state index is 12.4. The number of hydrogen-bond acceptors (Lipinski definition) is 3. The maximum Gasteiger partial charge on any atom is 0.322 e. The Morgan fingerprint density at radius 3 is 2.44 bits per heavy atom. The van der Waals surface area contributed by atoms with Crippen LogP contribution < -0.4 is 5.32 Å². The van der Waals surface area contributed by atoms with Crippen molar-refractivity contribution in [3.05, 3.63) is 48.0 Å². The van der Waals surface area contributed by atoms with Gasteiger partial charge in [-0.3, -0.25) is 9.59 Å². The third kappa shape index (κ3) is 9.05. The first-order valence-electron chi connectivity index (χ1n) is 8.64. The van der Waals surface area contributed by atoms with E-state index in [4.69, 9.17) is 5.11 Å². The first-order valence-corrected chi connectivity index (χ1v) is 8.64. The van der Waals surface area contributed by atoms with Gasteiger partial charge in [0, 0.05) is 13.1 Å². The van der Waals surface area contributed by atoms with Gasteiger partial charge in [-0.1, -0.05) is 42.8 Å². The average Bonchev–Trinajstić information content (AvgIpc) is 2.51. The Morgan fingerprint density at radius 2 is 1.88 bits per heavy atom. The van der Waals surface area contributed by atoms with Gasteiger partial charge in [-0.2, -0.15) is 0 Å². The fourth-order valence-corrected chi connectivity index (χ4v) is 3.09. The molecule has 0 aliphatic heterocycles. The van der Waals surface area contributed by atoms with E-state index in [1.54, 1.807) is 0 Å². The lowest BCUT2D eigenvalue weighted by atomic mass is 9.96. The van der Waals surface area contributed by atoms with Crippen molar-refractivity contribution in [2.75, 3.05) is 26.7 Å². The second-order valence-corrected chi connectivity index (χ2v) is 6.99. The van der Waals surface area contributed by atoms with E-state index >= 15 is 0 Å². The van der Waals surface area contributed by atoms with E-state index in [0.717, 1.165) is 24.1 Å². The van der Waals surface area contributed by atoms with E-state index < -0.39 is 5.97 Å². The molecule has 0 heterocycles. The van der Waals surface area contributed by atoms with Crippen LogP contribution >= 0.6 is 0 Å². The largest absolute Gasteiger partial charge is 0.480 e. The van der Waals surface area contributed by atoms with Gasteiger partial charge in [0.1, 0.15) is 6.54 Å². The molecule has 1 aromatic rings. The molecule has 5 nitrogen and oxygen atoms in total. The standard InChI is InChI=1S/C20H30N2O3/c1-15(2)10-16(3)13-22(4)14-18(20(25)21-12-19(23)24)11-17-8-6-5-7-9-17/h5-9,16,18H,1,10-14H2,2-4H3,(H,21,25)(H,23,24). The first kappa shape index (κ1) is 20.9. The molecular weight excluding hydrogens is 316 g/mol. The predicted octanol–water partition coefficient (Wildman–Crippen LogP) is 2.58. The number of carbonyl (C=O) groups excluding carboxylic acids is 1. The van der Waals surface area contributed by atoms with Gasteiger partial charge >= 0.3 is 5.97 Å². The molecule has 1 rings (SSSR count). The van der Waals surface area contributed by atoms with Crippen molar-refractivity contribution in [1.29, 1.82) is 0 Å². The minimum absolute atomic E-state index is 0.217. The van der Waals surface area contributed by atoms with Gasteiger partial charge in [-0.25, -0.2) is 0 Å². The molecule has 0 aliphatic rings. The number of carbonyl (C=O) groups is 2. The van der Waals surface area contributed by atoms with E-state index in [-0.39, 0.29) is 18.4 Å². The molecule has 0 aromatic heterocycles. The smallest absolute Gasteiger partial charge is 0.322 e. The number of carboxylic acid groups (broad SMARTS) is 1. The van der Waals surface area contributed by atoms with Gasteiger partial charge in [0.05, 0.1) is 5.92 Å². The predicted molar refractivity (Wildman–Crippen MR) is 100 cm³/mol. The number of nitrogens with zero attached hydrogens (tertiary/aromatic N) is 1. The summed E-state index contributed by atoms with van der Waals surface area (Å²) in [6, 6.07) is 9.80. The summed E-state index contributed by atoms with van der Waals surface area (Å²) in [5.41, 5.74) is 2.22. The summed E-state index contributed by atoms with van der Waals surface area (Å²) in [7, 11) is 2.00. The summed E-state index contributed by atoms with van der Waals surface area (Å²) in [5, 5.41) is 11.3. The summed E-state index contributed by atoms with van der Waals surface area (Å²) in [5.74, 6) is -1.08. The van der Waals surface area contributed by atoms with Gasteiger partial charge in [0.25, 0.3) is 0 Å². The minimum Gasteiger partial charge on any atom is -0.480 e. The Bertz CT molecular complexity index is 572. The Kier molecular flexibility index (Phi) is 8.92. The molecular formula is C20H30N2O3. The summed E-state index contributed by atoms with van der Waals surface area (Å²) in [6.45, 7) is 9.24. The average molecular weight is 346 g/mol. The lowest BCUT2D eigenvalue weighted by Crippen LogP contribution is -2.41. The normalized spacial score (nSPS) is 13.3. The molecule has 2 unspecified atom stereocenters. The molecule has 0 saturated carbocycles. The van der Waals surface area contributed by atoms with Crippen molar-refractivity contribution in [2.24, 2.45) is 11.8 Å². The fourth-order valence-electron chi connectivity index (χ4n) is 3.09. The number of carboxylic acids is 1. The van der Waals surface area contributed by atoms with Gasteiger partial charge in [0.15, 0.2) is 0 Å². The van der Waals surface area contributed by atoms with Crippen LogP contribution in [0.3, 0.4) is 0 Å². The van der Waals surface area contributed by atoms with Crippen molar-refractivity contribution >= 4 is 11.9 Å². The Labute approximate surface area is 150 Å². The number of amides is 1. The molecule has 2 N–H and O–H groups in total. The zero-order chi connectivity index (χ0) is 18.8. The number of hydrogen-bond donors (Lipinski definition) is 2. The molecule has 0 saturated heterocycles. The summed E-state index contributed by atoms with van der Waals surface area (Å²) in [6.07, 6.45) is 1.55. The molecule has 0 bridgehead atoms. The van der Waals surface area contributed by atoms with E-state index in [2.05, 4.69) is 23.7 Å². The third-order valence-corrected chi connectivity index (χ3v) is 3.96. The van der Waals surface area contributed by atoms with Crippen molar-refractivity contribution in [3.8, 4) is 0 Å². The molecule has 0 radical (unpaired) electrons. The molecule has 0 fully saturated rings. The van der Waals surface area contributed by atoms with Crippen LogP contribution in [0.25, 0.3) is 0 Å². The Balaban J connectivity index is 2.70. The van der Waals surface area contributed by atoms with Crippen molar-refractivity contribution in [3.63, 3.8) is 0 Å². The van der Waals surface area contributed by atoms with Crippen LogP contribution in [0.5, 0.6) is 0 Å². The second-order valence-electron chi connectivity index (χ2n) is 6.99. The molecule has 0 aliphatic carbocycles. The number of benzene rings is 1. The zero-order valence-corrected chi connectivity index (χ0v) is 15.5. The van der Waals surface area contributed by atoms with Crippen LogP contribution in [0, 0.1) is 11.8 Å². The van der Waals surface area contributed by atoms with Gasteiger partial charge < -0.3 is 15.3 Å². The molecule has 2 atom stereocenters. The summed E-state index contributed by atoms with van der Waals surface area (Å²) in [4.78, 5) is 25.3. The molecule has 25 heavy (non-hydrogen) atoms. The summed E-state index contributed by atoms with van der Waals surface area (Å²) < 4.78 is 0. The van der Waals surface area contributed by atoms with Crippen molar-refractivity contribution < 1.29 is 14.7 Å². The van der Waals surface area contributed by atoms with E-state index in [9.17, 15) is 9.59 Å². The number of rotatable bonds is 11. The molecule has 1 amide bonds.